The van der Waals surface area contributed by atoms with E-state index in [4.69, 9.17) is 0 Å². The molecule has 0 amide bonds. The highest BCUT2D eigenvalue weighted by molar-refractivity contribution is 5.89. The first-order valence-electron chi connectivity index (χ1n) is 7.73. The lowest BCUT2D eigenvalue weighted by Crippen LogP contribution is -2.50. The van der Waals surface area contributed by atoms with Crippen molar-refractivity contribution < 1.29 is 30.7 Å². The van der Waals surface area contributed by atoms with Crippen LogP contribution in [0.1, 0.15) is 11.1 Å². The number of nitrogens with zero attached hydrogens (tertiary/aromatic N) is 2. The van der Waals surface area contributed by atoms with E-state index >= 15 is 0 Å². The average Bonchev–Trinajstić information content (AvgIpc) is 2.65. The largest absolute Gasteiger partial charge is 0.460 e. The van der Waals surface area contributed by atoms with Gasteiger partial charge in [0.15, 0.2) is 0 Å². The number of benzene rings is 2. The zero-order valence-electron chi connectivity index (χ0n) is 13.7. The Morgan fingerprint density at radius 1 is 0.786 bits per heavy atom. The molecule has 0 radical (unpaired) electrons. The van der Waals surface area contributed by atoms with Crippen molar-refractivity contribution in [3.63, 3.8) is 0 Å². The van der Waals surface area contributed by atoms with E-state index in [0.29, 0.717) is 0 Å². The predicted octanol–water partition coefficient (Wildman–Crippen LogP) is 6.06. The van der Waals surface area contributed by atoms with Crippen LogP contribution in [-0.2, 0) is 5.92 Å². The van der Waals surface area contributed by atoms with Crippen molar-refractivity contribution in [2.45, 2.75) is 18.0 Å². The van der Waals surface area contributed by atoms with Crippen LogP contribution < -0.4 is 0 Å². The van der Waals surface area contributed by atoms with Gasteiger partial charge >= 0.3 is 18.0 Å². The van der Waals surface area contributed by atoms with Crippen LogP contribution in [0.4, 0.5) is 30.7 Å². The molecule has 0 aliphatic heterocycles. The molecule has 0 unspecified atom stereocenters. The van der Waals surface area contributed by atoms with Crippen molar-refractivity contribution in [3.05, 3.63) is 65.7 Å². The molecule has 1 aromatic heterocycles. The van der Waals surface area contributed by atoms with Gasteiger partial charge in [-0.3, -0.25) is 0 Å². The summed E-state index contributed by atoms with van der Waals surface area (Å²) in [5, 5.41) is 8.74. The van der Waals surface area contributed by atoms with E-state index < -0.39 is 40.2 Å². The molecule has 0 aliphatic carbocycles. The standard InChI is InChI=1S/C19H9F7N2/c20-17(21,18(22,23)19(24,25)26)15-12-8-4-5-9-14(12)28-16(13(15)10-27)11-6-2-1-3-7-11/h1-9H. The number of halogens is 7. The van der Waals surface area contributed by atoms with Gasteiger partial charge in [0.2, 0.25) is 0 Å². The summed E-state index contributed by atoms with van der Waals surface area (Å²) in [4.78, 5) is 4.05. The minimum atomic E-state index is -6.53. The molecular weight excluding hydrogens is 389 g/mol. The first-order valence-corrected chi connectivity index (χ1v) is 7.73. The fourth-order valence-electron chi connectivity index (χ4n) is 2.79. The molecule has 3 rings (SSSR count). The van der Waals surface area contributed by atoms with Gasteiger partial charge in [0.05, 0.1) is 22.3 Å². The Morgan fingerprint density at radius 2 is 1.36 bits per heavy atom. The first kappa shape index (κ1) is 19.6. The van der Waals surface area contributed by atoms with Crippen molar-refractivity contribution >= 4 is 10.9 Å². The summed E-state index contributed by atoms with van der Waals surface area (Å²) in [5.74, 6) is -12.1. The van der Waals surface area contributed by atoms with E-state index in [2.05, 4.69) is 4.98 Å². The third kappa shape index (κ3) is 2.85. The summed E-state index contributed by atoms with van der Waals surface area (Å²) >= 11 is 0. The lowest BCUT2D eigenvalue weighted by molar-refractivity contribution is -0.359. The fourth-order valence-corrected chi connectivity index (χ4v) is 2.79. The van der Waals surface area contributed by atoms with Crippen LogP contribution in [0.25, 0.3) is 22.2 Å². The van der Waals surface area contributed by atoms with Crippen molar-refractivity contribution in [1.82, 2.24) is 4.98 Å². The van der Waals surface area contributed by atoms with Gasteiger partial charge < -0.3 is 0 Å². The molecule has 0 atom stereocenters. The highest BCUT2D eigenvalue weighted by atomic mass is 19.4. The van der Waals surface area contributed by atoms with E-state index in [1.807, 2.05) is 0 Å². The minimum absolute atomic E-state index is 0.122. The Labute approximate surface area is 153 Å². The monoisotopic (exact) mass is 398 g/mol. The highest BCUT2D eigenvalue weighted by Crippen LogP contribution is 2.54. The van der Waals surface area contributed by atoms with Crippen LogP contribution in [0, 0.1) is 11.3 Å². The van der Waals surface area contributed by atoms with Crippen LogP contribution in [0.15, 0.2) is 54.6 Å². The number of aromatic nitrogens is 1. The van der Waals surface area contributed by atoms with Gasteiger partial charge in [0, 0.05) is 10.9 Å². The van der Waals surface area contributed by atoms with Crippen LogP contribution in [0.2, 0.25) is 0 Å². The molecule has 1 heterocycles. The summed E-state index contributed by atoms with van der Waals surface area (Å²) < 4.78 is 95.1. The number of nitriles is 1. The predicted molar refractivity (Wildman–Crippen MR) is 86.8 cm³/mol. The lowest BCUT2D eigenvalue weighted by atomic mass is 9.90. The Kier molecular flexibility index (Phi) is 4.54. The van der Waals surface area contributed by atoms with Crippen LogP contribution in [-0.4, -0.2) is 17.1 Å². The molecule has 0 spiro atoms. The number of hydrogen-bond donors (Lipinski definition) is 0. The minimum Gasteiger partial charge on any atom is -0.246 e. The van der Waals surface area contributed by atoms with Gasteiger partial charge in [0.1, 0.15) is 6.07 Å². The van der Waals surface area contributed by atoms with Crippen LogP contribution >= 0.6 is 0 Å². The third-order valence-corrected chi connectivity index (χ3v) is 4.12. The van der Waals surface area contributed by atoms with Crippen molar-refractivity contribution in [2.24, 2.45) is 0 Å². The Bertz CT molecular complexity index is 1070. The molecule has 0 bridgehead atoms. The van der Waals surface area contributed by atoms with E-state index in [1.165, 1.54) is 48.5 Å². The third-order valence-electron chi connectivity index (χ3n) is 4.12. The summed E-state index contributed by atoms with van der Waals surface area (Å²) in [6.45, 7) is 0. The van der Waals surface area contributed by atoms with E-state index in [1.54, 1.807) is 6.07 Å². The number of alkyl halides is 7. The van der Waals surface area contributed by atoms with Gasteiger partial charge in [-0.1, -0.05) is 48.5 Å². The topological polar surface area (TPSA) is 36.7 Å². The zero-order valence-corrected chi connectivity index (χ0v) is 13.7. The number of fused-ring (bicyclic) bond motifs is 1. The zero-order chi connectivity index (χ0) is 20.7. The van der Waals surface area contributed by atoms with Gasteiger partial charge in [-0.15, -0.1) is 0 Å². The Hall–Kier alpha value is -3.15. The van der Waals surface area contributed by atoms with Crippen molar-refractivity contribution in [1.29, 1.82) is 5.26 Å². The molecule has 0 saturated carbocycles. The molecule has 0 saturated heterocycles. The molecule has 2 nitrogen and oxygen atoms in total. The van der Waals surface area contributed by atoms with Crippen molar-refractivity contribution in [3.8, 4) is 17.3 Å². The summed E-state index contributed by atoms with van der Waals surface area (Å²) in [6, 6.07) is 13.3. The van der Waals surface area contributed by atoms with Gasteiger partial charge in [-0.2, -0.15) is 36.0 Å². The average molecular weight is 398 g/mol. The van der Waals surface area contributed by atoms with Gasteiger partial charge in [0.25, 0.3) is 0 Å². The molecule has 0 fully saturated rings. The smallest absolute Gasteiger partial charge is 0.246 e. The lowest BCUT2D eigenvalue weighted by Gasteiger charge is -2.30. The van der Waals surface area contributed by atoms with Crippen LogP contribution in [0.3, 0.4) is 0 Å². The molecule has 144 valence electrons. The van der Waals surface area contributed by atoms with Crippen LogP contribution in [0.5, 0.6) is 0 Å². The van der Waals surface area contributed by atoms with E-state index in [9.17, 15) is 36.0 Å². The molecule has 2 aromatic carbocycles. The molecule has 0 N–H and O–H groups in total. The number of hydrogen-bond acceptors (Lipinski definition) is 2. The summed E-state index contributed by atoms with van der Waals surface area (Å²) in [5.41, 5.74) is -3.28. The van der Waals surface area contributed by atoms with E-state index in [-0.39, 0.29) is 11.1 Å². The Morgan fingerprint density at radius 3 is 1.93 bits per heavy atom. The Balaban J connectivity index is 2.47. The molecule has 3 aromatic rings. The second kappa shape index (κ2) is 6.48. The molecule has 0 aliphatic rings. The number of rotatable bonds is 3. The second-order valence-corrected chi connectivity index (χ2v) is 5.85. The maximum Gasteiger partial charge on any atom is 0.460 e. The SMILES string of the molecule is N#Cc1c(-c2ccccc2)nc2ccccc2c1C(F)(F)C(F)(F)C(F)(F)F. The fraction of sp³-hybridized carbons (Fsp3) is 0.158. The summed E-state index contributed by atoms with van der Waals surface area (Å²) in [6.07, 6.45) is -6.53. The van der Waals surface area contributed by atoms with Gasteiger partial charge in [-0.25, -0.2) is 4.98 Å². The normalized spacial score (nSPS) is 12.8. The van der Waals surface area contributed by atoms with E-state index in [0.717, 1.165) is 6.07 Å². The second-order valence-electron chi connectivity index (χ2n) is 5.85. The maximum absolute atomic E-state index is 14.7. The molecule has 28 heavy (non-hydrogen) atoms. The first-order chi connectivity index (χ1) is 13.0. The molecule has 9 heteroatoms. The van der Waals surface area contributed by atoms with Crippen molar-refractivity contribution in [2.75, 3.05) is 0 Å². The molecular formula is C19H9F7N2. The van der Waals surface area contributed by atoms with Gasteiger partial charge in [-0.05, 0) is 6.07 Å². The maximum atomic E-state index is 14.7. The highest BCUT2D eigenvalue weighted by Gasteiger charge is 2.74. The number of pyridine rings is 1. The summed E-state index contributed by atoms with van der Waals surface area (Å²) in [7, 11) is 0. The number of para-hydroxylation sites is 1. The quantitative estimate of drug-likeness (QED) is 0.503.